The van der Waals surface area contributed by atoms with Crippen LogP contribution in [-0.2, 0) is 0 Å². The molecule has 0 spiro atoms. The van der Waals surface area contributed by atoms with E-state index < -0.39 is 0 Å². The predicted molar refractivity (Wildman–Crippen MR) is 84.8 cm³/mol. The van der Waals surface area contributed by atoms with Crippen molar-refractivity contribution in [2.24, 2.45) is 5.92 Å². The Morgan fingerprint density at radius 3 is 2.45 bits per heavy atom. The summed E-state index contributed by atoms with van der Waals surface area (Å²) in [6, 6.07) is 13.4. The number of aromatic nitrogens is 1. The van der Waals surface area contributed by atoms with Crippen molar-refractivity contribution < 1.29 is 9.53 Å². The van der Waals surface area contributed by atoms with Crippen molar-refractivity contribution in [1.82, 2.24) is 9.88 Å². The number of carbonyl (C=O) groups is 1. The van der Waals surface area contributed by atoms with Crippen LogP contribution in [0.2, 0.25) is 0 Å². The lowest BCUT2D eigenvalue weighted by molar-refractivity contribution is 0.0661. The molecular weight excluding hydrogens is 276 g/mol. The van der Waals surface area contributed by atoms with E-state index in [1.165, 1.54) is 0 Å². The van der Waals surface area contributed by atoms with Crippen LogP contribution < -0.4 is 4.74 Å². The second-order valence-electron chi connectivity index (χ2n) is 5.60. The third-order valence-electron chi connectivity index (χ3n) is 4.06. The van der Waals surface area contributed by atoms with Gasteiger partial charge in [-0.15, -0.1) is 0 Å². The summed E-state index contributed by atoms with van der Waals surface area (Å²) in [4.78, 5) is 18.2. The molecule has 0 unspecified atom stereocenters. The maximum Gasteiger partial charge on any atom is 0.253 e. The molecule has 1 saturated heterocycles. The van der Waals surface area contributed by atoms with E-state index in [1.807, 2.05) is 35.2 Å². The highest BCUT2D eigenvalue weighted by Gasteiger charge is 2.23. The van der Waals surface area contributed by atoms with Crippen molar-refractivity contribution in [2.75, 3.05) is 19.7 Å². The zero-order valence-electron chi connectivity index (χ0n) is 12.5. The molecule has 1 amide bonds. The number of nitrogens with zero attached hydrogens (tertiary/aromatic N) is 2. The summed E-state index contributed by atoms with van der Waals surface area (Å²) < 4.78 is 5.81. The van der Waals surface area contributed by atoms with E-state index in [0.29, 0.717) is 11.5 Å². The van der Waals surface area contributed by atoms with Gasteiger partial charge in [-0.3, -0.25) is 9.78 Å². The largest absolute Gasteiger partial charge is 0.493 e. The molecule has 0 saturated carbocycles. The molecule has 4 heteroatoms. The predicted octanol–water partition coefficient (Wildman–Crippen LogP) is 3.01. The molecule has 2 aromatic rings. The number of rotatable bonds is 4. The Labute approximate surface area is 130 Å². The Bertz CT molecular complexity index is 593. The molecule has 1 aliphatic heterocycles. The molecule has 1 aromatic heterocycles. The first kappa shape index (κ1) is 14.6. The van der Waals surface area contributed by atoms with Crippen LogP contribution in [0.25, 0.3) is 0 Å². The highest BCUT2D eigenvalue weighted by atomic mass is 16.5. The average Bonchev–Trinajstić information content (AvgIpc) is 2.61. The molecule has 2 heterocycles. The molecular formula is C18H20N2O2. The maximum atomic E-state index is 12.4. The van der Waals surface area contributed by atoms with E-state index in [0.717, 1.165) is 38.3 Å². The van der Waals surface area contributed by atoms with Crippen LogP contribution in [-0.4, -0.2) is 35.5 Å². The van der Waals surface area contributed by atoms with Gasteiger partial charge in [-0.1, -0.05) is 18.2 Å². The summed E-state index contributed by atoms with van der Waals surface area (Å²) in [6.07, 6.45) is 5.30. The van der Waals surface area contributed by atoms with Crippen molar-refractivity contribution in [3.05, 3.63) is 60.4 Å². The van der Waals surface area contributed by atoms with Crippen LogP contribution in [0.3, 0.4) is 0 Å². The Morgan fingerprint density at radius 2 is 1.77 bits per heavy atom. The maximum absolute atomic E-state index is 12.4. The number of likely N-dealkylation sites (tertiary alicyclic amines) is 1. The first-order chi connectivity index (χ1) is 10.8. The van der Waals surface area contributed by atoms with Gasteiger partial charge in [-0.25, -0.2) is 0 Å². The molecule has 0 bridgehead atoms. The lowest BCUT2D eigenvalue weighted by Crippen LogP contribution is -2.39. The Balaban J connectivity index is 1.47. The van der Waals surface area contributed by atoms with Crippen molar-refractivity contribution >= 4 is 5.91 Å². The van der Waals surface area contributed by atoms with Crippen LogP contribution in [0.15, 0.2) is 54.9 Å². The summed E-state index contributed by atoms with van der Waals surface area (Å²) in [5, 5.41) is 0. The molecule has 4 nitrogen and oxygen atoms in total. The van der Waals surface area contributed by atoms with Gasteiger partial charge in [0.25, 0.3) is 5.91 Å². The minimum absolute atomic E-state index is 0.102. The number of carbonyl (C=O) groups excluding carboxylic acids is 1. The minimum Gasteiger partial charge on any atom is -0.493 e. The summed E-state index contributed by atoms with van der Waals surface area (Å²) >= 11 is 0. The highest BCUT2D eigenvalue weighted by molar-refractivity contribution is 5.94. The number of pyridine rings is 1. The average molecular weight is 296 g/mol. The van der Waals surface area contributed by atoms with Gasteiger partial charge in [0.05, 0.1) is 6.61 Å². The summed E-state index contributed by atoms with van der Waals surface area (Å²) in [6.45, 7) is 2.31. The van der Waals surface area contributed by atoms with Gasteiger partial charge in [0.15, 0.2) is 0 Å². The number of ether oxygens (including phenoxy) is 1. The second kappa shape index (κ2) is 7.07. The van der Waals surface area contributed by atoms with Crippen LogP contribution in [0.5, 0.6) is 5.75 Å². The third kappa shape index (κ3) is 3.64. The lowest BCUT2D eigenvalue weighted by Gasteiger charge is -2.32. The van der Waals surface area contributed by atoms with Crippen LogP contribution in [0.1, 0.15) is 23.2 Å². The quantitative estimate of drug-likeness (QED) is 0.871. The van der Waals surface area contributed by atoms with E-state index in [2.05, 4.69) is 4.98 Å². The van der Waals surface area contributed by atoms with E-state index in [4.69, 9.17) is 4.74 Å². The van der Waals surface area contributed by atoms with Crippen LogP contribution >= 0.6 is 0 Å². The van der Waals surface area contributed by atoms with Gasteiger partial charge in [0, 0.05) is 31.0 Å². The molecule has 1 aromatic carbocycles. The molecule has 3 rings (SSSR count). The Morgan fingerprint density at radius 1 is 1.09 bits per heavy atom. The molecule has 22 heavy (non-hydrogen) atoms. The SMILES string of the molecule is O=C(c1ccncc1)N1CCC(COc2ccccc2)CC1. The minimum atomic E-state index is 0.102. The normalized spacial score (nSPS) is 15.5. The number of hydrogen-bond acceptors (Lipinski definition) is 3. The standard InChI is InChI=1S/C18H20N2O2/c21-18(16-6-10-19-11-7-16)20-12-8-15(9-13-20)14-22-17-4-2-1-3-5-17/h1-7,10-11,15H,8-9,12-14H2. The fourth-order valence-electron chi connectivity index (χ4n) is 2.71. The van der Waals surface area contributed by atoms with Gasteiger partial charge < -0.3 is 9.64 Å². The fourth-order valence-corrected chi connectivity index (χ4v) is 2.71. The number of para-hydroxylation sites is 1. The van der Waals surface area contributed by atoms with Gasteiger partial charge >= 0.3 is 0 Å². The van der Waals surface area contributed by atoms with Crippen molar-refractivity contribution in [3.8, 4) is 5.75 Å². The monoisotopic (exact) mass is 296 g/mol. The summed E-state index contributed by atoms with van der Waals surface area (Å²) in [5.41, 5.74) is 0.717. The molecule has 0 radical (unpaired) electrons. The Kier molecular flexibility index (Phi) is 4.68. The number of benzene rings is 1. The first-order valence-electron chi connectivity index (χ1n) is 7.70. The topological polar surface area (TPSA) is 42.4 Å². The van der Waals surface area contributed by atoms with E-state index in [9.17, 15) is 4.79 Å². The summed E-state index contributed by atoms with van der Waals surface area (Å²) in [5.74, 6) is 1.53. The first-order valence-corrected chi connectivity index (χ1v) is 7.70. The lowest BCUT2D eigenvalue weighted by atomic mass is 9.97. The second-order valence-corrected chi connectivity index (χ2v) is 5.60. The van der Waals surface area contributed by atoms with Gasteiger partial charge in [0.1, 0.15) is 5.75 Å². The van der Waals surface area contributed by atoms with Crippen molar-refractivity contribution in [3.63, 3.8) is 0 Å². The molecule has 1 aliphatic rings. The number of amides is 1. The molecule has 0 N–H and O–H groups in total. The van der Waals surface area contributed by atoms with E-state index in [1.54, 1.807) is 24.5 Å². The van der Waals surface area contributed by atoms with Gasteiger partial charge in [-0.05, 0) is 43.0 Å². The molecule has 0 atom stereocenters. The summed E-state index contributed by atoms with van der Waals surface area (Å²) in [7, 11) is 0. The smallest absolute Gasteiger partial charge is 0.253 e. The zero-order chi connectivity index (χ0) is 15.2. The highest BCUT2D eigenvalue weighted by Crippen LogP contribution is 2.20. The van der Waals surface area contributed by atoms with E-state index in [-0.39, 0.29) is 5.91 Å². The molecule has 114 valence electrons. The van der Waals surface area contributed by atoms with Gasteiger partial charge in [0.2, 0.25) is 0 Å². The van der Waals surface area contributed by atoms with Gasteiger partial charge in [-0.2, -0.15) is 0 Å². The van der Waals surface area contributed by atoms with Crippen molar-refractivity contribution in [1.29, 1.82) is 0 Å². The van der Waals surface area contributed by atoms with Crippen molar-refractivity contribution in [2.45, 2.75) is 12.8 Å². The number of piperidine rings is 1. The molecule has 0 aliphatic carbocycles. The Hall–Kier alpha value is -2.36. The van der Waals surface area contributed by atoms with E-state index >= 15 is 0 Å². The van der Waals surface area contributed by atoms with Crippen LogP contribution in [0.4, 0.5) is 0 Å². The molecule has 1 fully saturated rings. The number of hydrogen-bond donors (Lipinski definition) is 0. The third-order valence-corrected chi connectivity index (χ3v) is 4.06. The fraction of sp³-hybridized carbons (Fsp3) is 0.333. The van der Waals surface area contributed by atoms with Crippen LogP contribution in [0, 0.1) is 5.92 Å². The zero-order valence-corrected chi connectivity index (χ0v) is 12.5.